The normalized spacial score (nSPS) is 15.1. The lowest BCUT2D eigenvalue weighted by Crippen LogP contribution is -2.38. The second-order valence-electron chi connectivity index (χ2n) is 9.88. The summed E-state index contributed by atoms with van der Waals surface area (Å²) in [5, 5.41) is 0. The third-order valence-electron chi connectivity index (χ3n) is 7.06. The van der Waals surface area contributed by atoms with Crippen LogP contribution >= 0.6 is 0 Å². The molecule has 7 nitrogen and oxygen atoms in total. The van der Waals surface area contributed by atoms with Crippen LogP contribution in [-0.2, 0) is 19.5 Å². The van der Waals surface area contributed by atoms with Gasteiger partial charge in [0.1, 0.15) is 5.82 Å². The molecule has 0 saturated heterocycles. The highest BCUT2D eigenvalue weighted by Gasteiger charge is 2.34. The summed E-state index contributed by atoms with van der Waals surface area (Å²) < 4.78 is 2.27. The first kappa shape index (κ1) is 23.0. The molecule has 0 radical (unpaired) electrons. The van der Waals surface area contributed by atoms with Gasteiger partial charge in [-0.1, -0.05) is 38.1 Å². The van der Waals surface area contributed by atoms with Gasteiger partial charge in [0.15, 0.2) is 0 Å². The molecule has 7 heteroatoms. The summed E-state index contributed by atoms with van der Waals surface area (Å²) in [5.74, 6) is 0.691. The number of rotatable bonds is 5. The Morgan fingerprint density at radius 2 is 1.74 bits per heavy atom. The summed E-state index contributed by atoms with van der Waals surface area (Å²) in [4.78, 5) is 46.1. The van der Waals surface area contributed by atoms with E-state index in [9.17, 15) is 14.4 Å². The van der Waals surface area contributed by atoms with Crippen molar-refractivity contribution in [2.24, 2.45) is 5.92 Å². The first-order chi connectivity index (χ1) is 16.8. The molecule has 1 aromatic heterocycles. The summed E-state index contributed by atoms with van der Waals surface area (Å²) in [6, 6.07) is 13.1. The van der Waals surface area contributed by atoms with E-state index in [1.165, 1.54) is 12.6 Å². The molecular weight excluding hydrogens is 440 g/mol. The van der Waals surface area contributed by atoms with Gasteiger partial charge in [-0.15, -0.1) is 0 Å². The number of imidazole rings is 1. The maximum absolute atomic E-state index is 13.5. The summed E-state index contributed by atoms with van der Waals surface area (Å²) in [5.41, 5.74) is 5.50. The number of nitrogens with zero attached hydrogens (tertiary/aromatic N) is 4. The third-order valence-corrected chi connectivity index (χ3v) is 7.06. The first-order valence-corrected chi connectivity index (χ1v) is 12.2. The second kappa shape index (κ2) is 8.80. The molecule has 2 aliphatic rings. The van der Waals surface area contributed by atoms with E-state index in [2.05, 4.69) is 37.5 Å². The smallest absolute Gasteiger partial charge is 0.261 e. The molecule has 3 aromatic rings. The summed E-state index contributed by atoms with van der Waals surface area (Å²) in [6.07, 6.45) is 1.89. The highest BCUT2D eigenvalue weighted by molar-refractivity contribution is 6.21. The first-order valence-electron chi connectivity index (χ1n) is 12.2. The minimum absolute atomic E-state index is 0.137. The molecule has 0 unspecified atom stereocenters. The fraction of sp³-hybridized carbons (Fsp3) is 0.357. The molecule has 2 aromatic carbocycles. The van der Waals surface area contributed by atoms with Crippen LogP contribution in [0.4, 0.5) is 0 Å². The predicted molar refractivity (Wildman–Crippen MR) is 133 cm³/mol. The number of carbonyl (C=O) groups excluding carboxylic acids is 3. The molecule has 3 heterocycles. The quantitative estimate of drug-likeness (QED) is 0.520. The molecular formula is C28H30N4O3. The van der Waals surface area contributed by atoms with Crippen LogP contribution in [0.3, 0.4) is 0 Å². The van der Waals surface area contributed by atoms with Crippen molar-refractivity contribution in [1.82, 2.24) is 19.4 Å². The van der Waals surface area contributed by atoms with Gasteiger partial charge in [0.2, 0.25) is 0 Å². The minimum Gasteiger partial charge on any atom is -0.331 e. The van der Waals surface area contributed by atoms with Gasteiger partial charge in [-0.2, -0.15) is 0 Å². The average molecular weight is 471 g/mol. The van der Waals surface area contributed by atoms with E-state index in [4.69, 9.17) is 4.98 Å². The van der Waals surface area contributed by atoms with Crippen LogP contribution in [0.15, 0.2) is 42.5 Å². The van der Waals surface area contributed by atoms with E-state index >= 15 is 0 Å². The number of hydrogen-bond acceptors (Lipinski definition) is 4. The Bertz CT molecular complexity index is 1350. The van der Waals surface area contributed by atoms with Gasteiger partial charge >= 0.3 is 0 Å². The van der Waals surface area contributed by atoms with E-state index in [0.717, 1.165) is 40.5 Å². The predicted octanol–water partition coefficient (Wildman–Crippen LogP) is 4.33. The molecule has 2 aliphatic heterocycles. The summed E-state index contributed by atoms with van der Waals surface area (Å²) in [6.45, 7) is 8.19. The Morgan fingerprint density at radius 1 is 1.00 bits per heavy atom. The van der Waals surface area contributed by atoms with Gasteiger partial charge in [-0.25, -0.2) is 4.98 Å². The Morgan fingerprint density at radius 3 is 2.49 bits per heavy atom. The van der Waals surface area contributed by atoms with Gasteiger partial charge < -0.3 is 9.47 Å². The van der Waals surface area contributed by atoms with Crippen molar-refractivity contribution in [2.45, 2.75) is 46.7 Å². The van der Waals surface area contributed by atoms with E-state index in [1.807, 2.05) is 17.0 Å². The molecule has 180 valence electrons. The fourth-order valence-corrected chi connectivity index (χ4v) is 4.94. The zero-order valence-electron chi connectivity index (χ0n) is 20.7. The molecule has 0 fully saturated rings. The molecule has 0 N–H and O–H groups in total. The second-order valence-corrected chi connectivity index (χ2v) is 9.88. The molecule has 0 bridgehead atoms. The van der Waals surface area contributed by atoms with Crippen LogP contribution in [0.2, 0.25) is 0 Å². The van der Waals surface area contributed by atoms with Crippen LogP contribution in [0.1, 0.15) is 68.3 Å². The topological polar surface area (TPSA) is 75.5 Å². The monoisotopic (exact) mass is 470 g/mol. The zero-order valence-corrected chi connectivity index (χ0v) is 20.7. The highest BCUT2D eigenvalue weighted by atomic mass is 16.2. The standard InChI is InChI=1S/C28H30N4O3/c1-17(2)9-12-23-24-16-31(13-14-32(24)25(29-23)20-8-6-5-7-18(20)3)26(33)19-10-11-21-22(15-19)28(35)30(4)27(21)34/h5-8,10-11,15,17H,9,12-14,16H2,1-4H3. The summed E-state index contributed by atoms with van der Waals surface area (Å²) in [7, 11) is 1.46. The van der Waals surface area contributed by atoms with E-state index in [0.29, 0.717) is 42.2 Å². The van der Waals surface area contributed by atoms with Crippen molar-refractivity contribution in [2.75, 3.05) is 13.6 Å². The molecule has 0 spiro atoms. The van der Waals surface area contributed by atoms with E-state index in [1.54, 1.807) is 18.2 Å². The third kappa shape index (κ3) is 3.95. The number of fused-ring (bicyclic) bond motifs is 2. The highest BCUT2D eigenvalue weighted by Crippen LogP contribution is 2.31. The Labute approximate surface area is 205 Å². The molecule has 35 heavy (non-hydrogen) atoms. The van der Waals surface area contributed by atoms with Crippen molar-refractivity contribution in [1.29, 1.82) is 0 Å². The molecule has 3 amide bonds. The Balaban J connectivity index is 1.47. The molecule has 0 aliphatic carbocycles. The molecule has 0 atom stereocenters. The maximum atomic E-state index is 13.5. The fourth-order valence-electron chi connectivity index (χ4n) is 4.94. The number of imide groups is 1. The number of benzene rings is 2. The van der Waals surface area contributed by atoms with Crippen LogP contribution in [0, 0.1) is 12.8 Å². The maximum Gasteiger partial charge on any atom is 0.261 e. The number of carbonyl (C=O) groups is 3. The van der Waals surface area contributed by atoms with Gasteiger partial charge in [0, 0.05) is 31.3 Å². The minimum atomic E-state index is -0.366. The van der Waals surface area contributed by atoms with Gasteiger partial charge in [0.05, 0.1) is 29.1 Å². The lowest BCUT2D eigenvalue weighted by molar-refractivity contribution is 0.0690. The molecule has 0 saturated carbocycles. The van der Waals surface area contributed by atoms with Crippen molar-refractivity contribution in [3.63, 3.8) is 0 Å². The SMILES string of the molecule is Cc1ccccc1-c1nc(CCC(C)C)c2n1CCN(C(=O)c1ccc3c(c1)C(=O)N(C)C3=O)C2. The summed E-state index contributed by atoms with van der Waals surface area (Å²) >= 11 is 0. The Hall–Kier alpha value is -3.74. The lowest BCUT2D eigenvalue weighted by Gasteiger charge is -2.30. The molecule has 5 rings (SSSR count). The van der Waals surface area contributed by atoms with Crippen molar-refractivity contribution in [3.05, 3.63) is 76.1 Å². The van der Waals surface area contributed by atoms with Crippen molar-refractivity contribution in [3.8, 4) is 11.4 Å². The number of amides is 3. The number of aromatic nitrogens is 2. The Kier molecular flexibility index (Phi) is 5.79. The van der Waals surface area contributed by atoms with E-state index < -0.39 is 0 Å². The van der Waals surface area contributed by atoms with Gasteiger partial charge in [-0.3, -0.25) is 19.3 Å². The van der Waals surface area contributed by atoms with Gasteiger partial charge in [0.25, 0.3) is 17.7 Å². The average Bonchev–Trinajstić information content (AvgIpc) is 3.32. The van der Waals surface area contributed by atoms with Crippen LogP contribution < -0.4 is 0 Å². The van der Waals surface area contributed by atoms with Gasteiger partial charge in [-0.05, 0) is 49.4 Å². The van der Waals surface area contributed by atoms with Crippen LogP contribution in [0.25, 0.3) is 11.4 Å². The van der Waals surface area contributed by atoms with Crippen molar-refractivity contribution < 1.29 is 14.4 Å². The van der Waals surface area contributed by atoms with Crippen LogP contribution in [0.5, 0.6) is 0 Å². The van der Waals surface area contributed by atoms with E-state index in [-0.39, 0.29) is 17.7 Å². The zero-order chi connectivity index (χ0) is 24.9. The van der Waals surface area contributed by atoms with Crippen molar-refractivity contribution >= 4 is 17.7 Å². The van der Waals surface area contributed by atoms with Crippen LogP contribution in [-0.4, -0.2) is 50.7 Å². The lowest BCUT2D eigenvalue weighted by atomic mass is 10.0. The largest absolute Gasteiger partial charge is 0.331 e. The number of hydrogen-bond donors (Lipinski definition) is 0. The number of aryl methyl sites for hydroxylation is 2.